The highest BCUT2D eigenvalue weighted by Gasteiger charge is 2.19. The Bertz CT molecular complexity index is 596. The van der Waals surface area contributed by atoms with Crippen molar-refractivity contribution in [1.29, 1.82) is 0 Å². The molecule has 1 unspecified atom stereocenters. The van der Waals surface area contributed by atoms with Crippen LogP contribution < -0.4 is 5.73 Å². The number of nitrogens with two attached hydrogens (primary N) is 1. The Morgan fingerprint density at radius 3 is 3.00 bits per heavy atom. The van der Waals surface area contributed by atoms with E-state index < -0.39 is 0 Å². The molecule has 3 rings (SSSR count). The van der Waals surface area contributed by atoms with Gasteiger partial charge in [-0.3, -0.25) is 0 Å². The van der Waals surface area contributed by atoms with Crippen molar-refractivity contribution in [3.63, 3.8) is 0 Å². The molecule has 0 aromatic carbocycles. The number of anilines is 1. The molecule has 2 aromatic rings. The van der Waals surface area contributed by atoms with Crippen LogP contribution in [-0.4, -0.2) is 19.7 Å². The third kappa shape index (κ3) is 1.92. The maximum Gasteiger partial charge on any atom is 0.173 e. The summed E-state index contributed by atoms with van der Waals surface area (Å²) in [5.41, 5.74) is 6.87. The zero-order valence-electron chi connectivity index (χ0n) is 9.95. The van der Waals surface area contributed by atoms with Crippen LogP contribution >= 0.6 is 0 Å². The van der Waals surface area contributed by atoms with E-state index in [0.717, 1.165) is 12.0 Å². The molecule has 2 N–H and O–H groups in total. The monoisotopic (exact) mass is 243 g/mol. The summed E-state index contributed by atoms with van der Waals surface area (Å²) in [5, 5.41) is 4.21. The average molecular weight is 243 g/mol. The van der Waals surface area contributed by atoms with Gasteiger partial charge >= 0.3 is 0 Å². The van der Waals surface area contributed by atoms with Gasteiger partial charge in [-0.1, -0.05) is 0 Å². The first-order valence-electron chi connectivity index (χ1n) is 5.69. The number of rotatable bonds is 2. The second-order valence-corrected chi connectivity index (χ2v) is 4.20. The lowest BCUT2D eigenvalue weighted by Gasteiger charge is -2.11. The Morgan fingerprint density at radius 1 is 1.44 bits per heavy atom. The number of aromatic nitrogens is 4. The van der Waals surface area contributed by atoms with Crippen molar-refractivity contribution in [2.45, 2.75) is 19.4 Å². The average Bonchev–Trinajstić information content (AvgIpc) is 2.98. The Labute approximate surface area is 104 Å². The van der Waals surface area contributed by atoms with Crippen LogP contribution in [0.3, 0.4) is 0 Å². The molecule has 0 saturated carbocycles. The third-order valence-electron chi connectivity index (χ3n) is 2.67. The second-order valence-electron chi connectivity index (χ2n) is 4.20. The van der Waals surface area contributed by atoms with Crippen molar-refractivity contribution >= 4 is 5.82 Å². The molecule has 6 nitrogen and oxygen atoms in total. The van der Waals surface area contributed by atoms with Crippen LogP contribution in [0.4, 0.5) is 5.82 Å². The number of nitrogens with zero attached hydrogens (tertiary/aromatic N) is 4. The lowest BCUT2D eigenvalue weighted by Crippen LogP contribution is -2.09. The fourth-order valence-electron chi connectivity index (χ4n) is 1.82. The predicted octanol–water partition coefficient (Wildman–Crippen LogP) is 1.53. The normalized spacial score (nSPS) is 17.9. The Hall–Kier alpha value is -2.37. The summed E-state index contributed by atoms with van der Waals surface area (Å²) >= 11 is 0. The zero-order valence-corrected chi connectivity index (χ0v) is 9.95. The molecule has 1 aliphatic heterocycles. The van der Waals surface area contributed by atoms with Gasteiger partial charge in [0.15, 0.2) is 17.7 Å². The van der Waals surface area contributed by atoms with Crippen LogP contribution in [0.5, 0.6) is 0 Å². The lowest BCUT2D eigenvalue weighted by atomic mass is 10.2. The van der Waals surface area contributed by atoms with Gasteiger partial charge in [-0.2, -0.15) is 5.10 Å². The summed E-state index contributed by atoms with van der Waals surface area (Å²) < 4.78 is 7.08. The second kappa shape index (κ2) is 4.14. The van der Waals surface area contributed by atoms with Crippen LogP contribution in [0, 0.1) is 6.92 Å². The van der Waals surface area contributed by atoms with Crippen molar-refractivity contribution in [2.75, 3.05) is 5.73 Å². The molecule has 0 saturated heterocycles. The smallest absolute Gasteiger partial charge is 0.173 e. The lowest BCUT2D eigenvalue weighted by molar-refractivity contribution is 0.164. The van der Waals surface area contributed by atoms with E-state index in [4.69, 9.17) is 10.5 Å². The van der Waals surface area contributed by atoms with E-state index in [0.29, 0.717) is 17.5 Å². The Balaban J connectivity index is 2.00. The molecule has 1 atom stereocenters. The number of nitrogen functional groups attached to an aromatic ring is 1. The van der Waals surface area contributed by atoms with E-state index in [1.165, 1.54) is 0 Å². The van der Waals surface area contributed by atoms with Crippen LogP contribution in [0.15, 0.2) is 30.8 Å². The molecule has 0 amide bonds. The van der Waals surface area contributed by atoms with Crippen LogP contribution in [-0.2, 0) is 4.74 Å². The molecule has 1 aliphatic rings. The van der Waals surface area contributed by atoms with Gasteiger partial charge in [-0.25, -0.2) is 14.6 Å². The molecule has 2 aromatic heterocycles. The molecule has 0 aliphatic carbocycles. The number of ether oxygens (including phenoxy) is 1. The maximum absolute atomic E-state index is 5.80. The SMILES string of the molecule is Cc1cnn(-c2cc(N)nc(C3CC=CO3)n2)c1. The third-order valence-corrected chi connectivity index (χ3v) is 2.67. The Kier molecular flexibility index (Phi) is 2.47. The summed E-state index contributed by atoms with van der Waals surface area (Å²) in [5.74, 6) is 1.66. The zero-order chi connectivity index (χ0) is 12.5. The molecular weight excluding hydrogens is 230 g/mol. The van der Waals surface area contributed by atoms with E-state index in [1.54, 1.807) is 23.2 Å². The van der Waals surface area contributed by atoms with E-state index in [1.807, 2.05) is 19.2 Å². The van der Waals surface area contributed by atoms with Crippen molar-refractivity contribution in [2.24, 2.45) is 0 Å². The molecular formula is C12H13N5O. The van der Waals surface area contributed by atoms with Gasteiger partial charge in [0.25, 0.3) is 0 Å². The topological polar surface area (TPSA) is 78.9 Å². The highest BCUT2D eigenvalue weighted by molar-refractivity contribution is 5.37. The quantitative estimate of drug-likeness (QED) is 0.865. The van der Waals surface area contributed by atoms with Crippen molar-refractivity contribution in [3.8, 4) is 5.82 Å². The fourth-order valence-corrected chi connectivity index (χ4v) is 1.82. The van der Waals surface area contributed by atoms with Gasteiger partial charge in [0, 0.05) is 18.7 Å². The summed E-state index contributed by atoms with van der Waals surface area (Å²) in [6.07, 6.45) is 7.87. The minimum atomic E-state index is -0.149. The standard InChI is InChI=1S/C12H13N5O/c1-8-6-14-17(7-8)11-5-10(13)15-12(16-11)9-3-2-4-18-9/h2,4-7,9H,3H2,1H3,(H2,13,15,16). The van der Waals surface area contributed by atoms with Gasteiger partial charge in [0.1, 0.15) is 5.82 Å². The summed E-state index contributed by atoms with van der Waals surface area (Å²) in [6.45, 7) is 1.97. The number of hydrogen-bond acceptors (Lipinski definition) is 5. The predicted molar refractivity (Wildman–Crippen MR) is 65.9 cm³/mol. The molecule has 18 heavy (non-hydrogen) atoms. The first-order valence-corrected chi connectivity index (χ1v) is 5.69. The van der Waals surface area contributed by atoms with E-state index >= 15 is 0 Å². The van der Waals surface area contributed by atoms with Crippen LogP contribution in [0.1, 0.15) is 23.9 Å². The van der Waals surface area contributed by atoms with Gasteiger partial charge in [-0.05, 0) is 18.6 Å². The molecule has 0 fully saturated rings. The molecule has 0 radical (unpaired) electrons. The van der Waals surface area contributed by atoms with Crippen LogP contribution in [0.2, 0.25) is 0 Å². The minimum Gasteiger partial charge on any atom is -0.490 e. The van der Waals surface area contributed by atoms with Gasteiger partial charge in [0.2, 0.25) is 0 Å². The van der Waals surface area contributed by atoms with Gasteiger partial charge in [0.05, 0.1) is 12.5 Å². The fraction of sp³-hybridized carbons (Fsp3) is 0.250. The van der Waals surface area contributed by atoms with Gasteiger partial charge in [-0.15, -0.1) is 0 Å². The van der Waals surface area contributed by atoms with E-state index in [-0.39, 0.29) is 6.10 Å². The summed E-state index contributed by atoms with van der Waals surface area (Å²) in [4.78, 5) is 8.65. The highest BCUT2D eigenvalue weighted by atomic mass is 16.5. The number of aryl methyl sites for hydroxylation is 1. The first kappa shape index (κ1) is 10.8. The van der Waals surface area contributed by atoms with Gasteiger partial charge < -0.3 is 10.5 Å². The maximum atomic E-state index is 5.80. The van der Waals surface area contributed by atoms with E-state index in [9.17, 15) is 0 Å². The summed E-state index contributed by atoms with van der Waals surface area (Å²) in [7, 11) is 0. The highest BCUT2D eigenvalue weighted by Crippen LogP contribution is 2.25. The molecule has 0 spiro atoms. The first-order chi connectivity index (χ1) is 8.72. The molecule has 0 bridgehead atoms. The Morgan fingerprint density at radius 2 is 2.33 bits per heavy atom. The van der Waals surface area contributed by atoms with Crippen molar-refractivity contribution < 1.29 is 4.74 Å². The number of hydrogen-bond donors (Lipinski definition) is 1. The van der Waals surface area contributed by atoms with Crippen molar-refractivity contribution in [1.82, 2.24) is 19.7 Å². The molecule has 92 valence electrons. The largest absolute Gasteiger partial charge is 0.490 e. The minimum absolute atomic E-state index is 0.149. The van der Waals surface area contributed by atoms with Crippen LogP contribution in [0.25, 0.3) is 5.82 Å². The summed E-state index contributed by atoms with van der Waals surface area (Å²) in [6, 6.07) is 1.69. The molecule has 3 heterocycles. The van der Waals surface area contributed by atoms with Crippen molar-refractivity contribution in [3.05, 3.63) is 42.2 Å². The van der Waals surface area contributed by atoms with E-state index in [2.05, 4.69) is 15.1 Å². The molecule has 6 heteroatoms.